The van der Waals surface area contributed by atoms with Crippen LogP contribution in [0.4, 0.5) is 17.6 Å². The zero-order valence-corrected chi connectivity index (χ0v) is 22.9. The monoisotopic (exact) mass is 581 g/mol. The van der Waals surface area contributed by atoms with Crippen LogP contribution in [0.15, 0.2) is 123 Å². The standard InChI is InChI=1S/C29H23N15/c1-2-10-31-21(6-1)28(23-9-15-39-41-23)29(26-34-18-19-35-26,22-7-3-14-38-40-22)43(27-36-12-5-13-37-27)44(25-20-30-16-17-33-25)42(28)24-8-4-11-32-24/h1-20,32H,(H,34,35)(H,39,41). The Morgan fingerprint density at radius 1 is 0.614 bits per heavy atom. The zero-order valence-electron chi connectivity index (χ0n) is 22.9. The average molecular weight is 582 g/mol. The molecule has 214 valence electrons. The van der Waals surface area contributed by atoms with E-state index < -0.39 is 11.1 Å². The van der Waals surface area contributed by atoms with Crippen LogP contribution in [0.3, 0.4) is 0 Å². The van der Waals surface area contributed by atoms with E-state index in [4.69, 9.17) is 30.0 Å². The number of anilines is 3. The summed E-state index contributed by atoms with van der Waals surface area (Å²) in [6.07, 6.45) is 18.6. The lowest BCUT2D eigenvalue weighted by Gasteiger charge is -2.45. The maximum atomic E-state index is 5.01. The zero-order chi connectivity index (χ0) is 29.4. The third-order valence-corrected chi connectivity index (χ3v) is 7.55. The van der Waals surface area contributed by atoms with Crippen molar-refractivity contribution in [3.05, 3.63) is 146 Å². The third kappa shape index (κ3) is 3.40. The van der Waals surface area contributed by atoms with Gasteiger partial charge < -0.3 is 9.97 Å². The lowest BCUT2D eigenvalue weighted by atomic mass is 9.68. The normalized spacial score (nSPS) is 19.9. The molecule has 0 aliphatic carbocycles. The van der Waals surface area contributed by atoms with Crippen LogP contribution in [-0.2, 0) is 11.1 Å². The maximum Gasteiger partial charge on any atom is 0.247 e. The molecule has 0 amide bonds. The molecule has 8 heterocycles. The fourth-order valence-corrected chi connectivity index (χ4v) is 6.07. The fraction of sp³-hybridized carbons (Fsp3) is 0.0690. The third-order valence-electron chi connectivity index (χ3n) is 7.55. The molecule has 0 saturated carbocycles. The molecular weight excluding hydrogens is 558 g/mol. The van der Waals surface area contributed by atoms with Crippen LogP contribution in [0.5, 0.6) is 0 Å². The van der Waals surface area contributed by atoms with Gasteiger partial charge in [0.05, 0.1) is 17.6 Å². The summed E-state index contributed by atoms with van der Waals surface area (Å²) in [5, 5.41) is 22.6. The molecule has 0 bridgehead atoms. The minimum atomic E-state index is -1.46. The molecule has 1 aliphatic rings. The summed E-state index contributed by atoms with van der Waals surface area (Å²) in [5.74, 6) is 1.93. The van der Waals surface area contributed by atoms with Crippen molar-refractivity contribution in [2.24, 2.45) is 0 Å². The number of hydrogen-bond acceptors (Lipinski definition) is 12. The van der Waals surface area contributed by atoms with Crippen molar-refractivity contribution >= 4 is 17.6 Å². The van der Waals surface area contributed by atoms with Crippen molar-refractivity contribution < 1.29 is 0 Å². The molecule has 2 atom stereocenters. The van der Waals surface area contributed by atoms with Gasteiger partial charge in [0.2, 0.25) is 11.5 Å². The molecule has 0 aromatic carbocycles. The van der Waals surface area contributed by atoms with Gasteiger partial charge >= 0.3 is 0 Å². The van der Waals surface area contributed by atoms with Crippen LogP contribution in [0.1, 0.15) is 22.9 Å². The first-order valence-electron chi connectivity index (χ1n) is 13.6. The molecule has 8 rings (SSSR count). The van der Waals surface area contributed by atoms with Crippen LogP contribution in [0.2, 0.25) is 0 Å². The maximum absolute atomic E-state index is 5.01. The Kier molecular flexibility index (Phi) is 5.78. The lowest BCUT2D eigenvalue weighted by Crippen LogP contribution is -2.60. The van der Waals surface area contributed by atoms with E-state index in [1.807, 2.05) is 69.9 Å². The summed E-state index contributed by atoms with van der Waals surface area (Å²) in [7, 11) is 0. The second-order valence-corrected chi connectivity index (χ2v) is 9.73. The Bertz CT molecular complexity index is 1920. The van der Waals surface area contributed by atoms with E-state index in [0.717, 1.165) is 0 Å². The highest BCUT2D eigenvalue weighted by Crippen LogP contribution is 2.61. The molecule has 1 fully saturated rings. The van der Waals surface area contributed by atoms with Crippen molar-refractivity contribution in [2.45, 2.75) is 11.1 Å². The van der Waals surface area contributed by atoms with Crippen LogP contribution >= 0.6 is 0 Å². The summed E-state index contributed by atoms with van der Waals surface area (Å²) in [6.45, 7) is 0. The summed E-state index contributed by atoms with van der Waals surface area (Å²) in [6, 6.07) is 17.0. The minimum absolute atomic E-state index is 0.314. The van der Waals surface area contributed by atoms with Gasteiger partial charge in [-0.25, -0.2) is 30.0 Å². The average Bonchev–Trinajstić information content (AvgIpc) is 3.93. The van der Waals surface area contributed by atoms with Gasteiger partial charge in [-0.3, -0.25) is 15.1 Å². The Hall–Kier alpha value is -6.51. The highest BCUT2D eigenvalue weighted by atomic mass is 16.0. The fourth-order valence-electron chi connectivity index (χ4n) is 6.07. The van der Waals surface area contributed by atoms with Crippen molar-refractivity contribution in [1.29, 1.82) is 0 Å². The van der Waals surface area contributed by atoms with Crippen molar-refractivity contribution in [2.75, 3.05) is 15.1 Å². The Morgan fingerprint density at radius 3 is 2.20 bits per heavy atom. The number of H-pyrrole nitrogens is 3. The largest absolute Gasteiger partial charge is 0.347 e. The minimum Gasteiger partial charge on any atom is -0.347 e. The van der Waals surface area contributed by atoms with Crippen molar-refractivity contribution in [3.63, 3.8) is 0 Å². The van der Waals surface area contributed by atoms with Crippen molar-refractivity contribution in [1.82, 2.24) is 60.3 Å². The second kappa shape index (κ2) is 10.1. The molecule has 1 saturated heterocycles. The topological polar surface area (TPSA) is 173 Å². The number of aromatic amines is 3. The number of nitrogens with one attached hydrogen (secondary N) is 3. The first-order valence-corrected chi connectivity index (χ1v) is 13.6. The summed E-state index contributed by atoms with van der Waals surface area (Å²) in [5.41, 5.74) is -1.06. The van der Waals surface area contributed by atoms with E-state index in [0.29, 0.717) is 40.5 Å². The van der Waals surface area contributed by atoms with Gasteiger partial charge in [0.1, 0.15) is 17.3 Å². The first-order chi connectivity index (χ1) is 21.9. The number of nitrogens with zero attached hydrogens (tertiary/aromatic N) is 12. The Balaban J connectivity index is 1.66. The van der Waals surface area contributed by atoms with Gasteiger partial charge in [-0.2, -0.15) is 20.4 Å². The number of imidazole rings is 1. The molecule has 3 N–H and O–H groups in total. The van der Waals surface area contributed by atoms with E-state index >= 15 is 0 Å². The van der Waals surface area contributed by atoms with Gasteiger partial charge in [-0.1, -0.05) is 6.07 Å². The van der Waals surface area contributed by atoms with Crippen LogP contribution in [0, 0.1) is 0 Å². The van der Waals surface area contributed by atoms with E-state index in [1.165, 1.54) is 0 Å². The van der Waals surface area contributed by atoms with Crippen LogP contribution in [-0.4, -0.2) is 60.3 Å². The van der Waals surface area contributed by atoms with Gasteiger partial charge in [0.25, 0.3) is 0 Å². The number of hydrogen-bond donors (Lipinski definition) is 3. The molecule has 15 nitrogen and oxygen atoms in total. The molecule has 1 aliphatic heterocycles. The Morgan fingerprint density at radius 2 is 1.52 bits per heavy atom. The van der Waals surface area contributed by atoms with E-state index in [-0.39, 0.29) is 0 Å². The Labute approximate surface area is 249 Å². The number of aromatic nitrogens is 12. The van der Waals surface area contributed by atoms with E-state index in [1.54, 1.807) is 68.0 Å². The number of pyridine rings is 1. The molecular formula is C29H23N15. The summed E-state index contributed by atoms with van der Waals surface area (Å²) >= 11 is 0. The molecule has 2 unspecified atom stereocenters. The van der Waals surface area contributed by atoms with E-state index in [9.17, 15) is 0 Å². The van der Waals surface area contributed by atoms with Crippen LogP contribution < -0.4 is 15.1 Å². The molecule has 7 aromatic heterocycles. The molecule has 44 heavy (non-hydrogen) atoms. The van der Waals surface area contributed by atoms with Gasteiger partial charge in [-0.15, -0.1) is 0 Å². The molecule has 0 radical (unpaired) electrons. The highest BCUT2D eigenvalue weighted by molar-refractivity contribution is 5.74. The number of hydrazine groups is 2. The van der Waals surface area contributed by atoms with Crippen molar-refractivity contribution in [3.8, 4) is 0 Å². The lowest BCUT2D eigenvalue weighted by molar-refractivity contribution is 0.317. The summed E-state index contributed by atoms with van der Waals surface area (Å²) in [4.78, 5) is 35.5. The highest BCUT2D eigenvalue weighted by Gasteiger charge is 2.76. The smallest absolute Gasteiger partial charge is 0.247 e. The predicted molar refractivity (Wildman–Crippen MR) is 157 cm³/mol. The molecule has 0 spiro atoms. The quantitative estimate of drug-likeness (QED) is 0.252. The molecule has 7 aromatic rings. The van der Waals surface area contributed by atoms with Crippen LogP contribution in [0.25, 0.3) is 0 Å². The SMILES string of the molecule is c1ccc(C2(c3ccn[nH]3)N(c3ccc[nH]3)N(c3cnccn3)N(c3ncccn3)C2(c2cccnn2)c2ncc[nH]2)nc1. The van der Waals surface area contributed by atoms with E-state index in [2.05, 4.69) is 30.2 Å². The van der Waals surface area contributed by atoms with Gasteiger partial charge in [0, 0.05) is 62.0 Å². The summed E-state index contributed by atoms with van der Waals surface area (Å²) < 4.78 is 0. The van der Waals surface area contributed by atoms with Gasteiger partial charge in [-0.05, 0) is 48.5 Å². The molecule has 15 heteroatoms. The first kappa shape index (κ1) is 25.2. The second-order valence-electron chi connectivity index (χ2n) is 9.73. The predicted octanol–water partition coefficient (Wildman–Crippen LogP) is 2.78. The number of rotatable bonds is 7. The van der Waals surface area contributed by atoms with Gasteiger partial charge in [0.15, 0.2) is 11.4 Å².